The maximum absolute atomic E-state index is 12.8. The molecule has 2 amide bonds. The molecule has 1 aliphatic rings. The molecule has 1 aromatic heterocycles. The number of hydrogen-bond acceptors (Lipinski definition) is 4. The molecular weight excluding hydrogens is 364 g/mol. The number of carbonyl (C=O) groups excluding carboxylic acids is 2. The van der Waals surface area contributed by atoms with Gasteiger partial charge in [0.15, 0.2) is 0 Å². The van der Waals surface area contributed by atoms with Crippen LogP contribution in [-0.2, 0) is 11.2 Å². The molecule has 1 aliphatic heterocycles. The molecule has 2 heterocycles. The van der Waals surface area contributed by atoms with E-state index >= 15 is 0 Å². The first-order valence-corrected chi connectivity index (χ1v) is 9.52. The topological polar surface area (TPSA) is 74.3 Å². The van der Waals surface area contributed by atoms with Crippen molar-refractivity contribution in [2.45, 2.75) is 26.3 Å². The fraction of sp³-hybridized carbons (Fsp3) is 0.174. The number of nitrogens with one attached hydrogen (secondary N) is 2. The summed E-state index contributed by atoms with van der Waals surface area (Å²) in [6.07, 6.45) is 4.30. The van der Waals surface area contributed by atoms with Gasteiger partial charge in [-0.2, -0.15) is 0 Å². The highest BCUT2D eigenvalue weighted by Crippen LogP contribution is 2.37. The lowest BCUT2D eigenvalue weighted by molar-refractivity contribution is -0.114. The van der Waals surface area contributed by atoms with E-state index in [1.165, 1.54) is 12.5 Å². The Bertz CT molecular complexity index is 1080. The molecule has 29 heavy (non-hydrogen) atoms. The number of benzene rings is 2. The van der Waals surface area contributed by atoms with Crippen molar-refractivity contribution in [1.29, 1.82) is 0 Å². The second-order valence-corrected chi connectivity index (χ2v) is 7.20. The first kappa shape index (κ1) is 18.7. The van der Waals surface area contributed by atoms with E-state index < -0.39 is 0 Å². The Kier molecular flexibility index (Phi) is 4.99. The van der Waals surface area contributed by atoms with Gasteiger partial charge in [-0.05, 0) is 49.2 Å². The van der Waals surface area contributed by atoms with Crippen LogP contribution in [-0.4, -0.2) is 22.8 Å². The Morgan fingerprint density at radius 1 is 1.00 bits per heavy atom. The highest BCUT2D eigenvalue weighted by Gasteiger charge is 2.27. The van der Waals surface area contributed by atoms with Gasteiger partial charge in [0.2, 0.25) is 5.91 Å². The molecule has 3 aromatic rings. The van der Waals surface area contributed by atoms with E-state index in [1.54, 1.807) is 36.7 Å². The van der Waals surface area contributed by atoms with Crippen LogP contribution in [0.1, 0.15) is 29.8 Å². The van der Waals surface area contributed by atoms with Gasteiger partial charge >= 0.3 is 0 Å². The van der Waals surface area contributed by atoms with Gasteiger partial charge in [0.05, 0.1) is 17.4 Å². The molecule has 2 aromatic carbocycles. The minimum absolute atomic E-state index is 0.162. The highest BCUT2D eigenvalue weighted by atomic mass is 16.2. The summed E-state index contributed by atoms with van der Waals surface area (Å²) in [6, 6.07) is 17.5. The second kappa shape index (κ2) is 7.75. The van der Waals surface area contributed by atoms with E-state index in [-0.39, 0.29) is 11.8 Å². The Labute approximate surface area is 169 Å². The average molecular weight is 386 g/mol. The lowest BCUT2D eigenvalue weighted by atomic mass is 10.1. The van der Waals surface area contributed by atoms with Crippen LogP contribution in [0.4, 0.5) is 22.7 Å². The average Bonchev–Trinajstić information content (AvgIpc) is 3.03. The number of nitrogens with zero attached hydrogens (tertiary/aromatic N) is 2. The fourth-order valence-corrected chi connectivity index (χ4v) is 3.72. The summed E-state index contributed by atoms with van der Waals surface area (Å²) in [4.78, 5) is 30.5. The van der Waals surface area contributed by atoms with Crippen molar-refractivity contribution in [1.82, 2.24) is 4.98 Å². The fourth-order valence-electron chi connectivity index (χ4n) is 3.72. The van der Waals surface area contributed by atoms with E-state index in [0.29, 0.717) is 23.0 Å². The number of carbonyl (C=O) groups is 2. The van der Waals surface area contributed by atoms with Gasteiger partial charge in [0.1, 0.15) is 0 Å². The van der Waals surface area contributed by atoms with Crippen molar-refractivity contribution in [3.63, 3.8) is 0 Å². The zero-order valence-corrected chi connectivity index (χ0v) is 16.3. The van der Waals surface area contributed by atoms with E-state index in [4.69, 9.17) is 0 Å². The second-order valence-electron chi connectivity index (χ2n) is 7.20. The predicted molar refractivity (Wildman–Crippen MR) is 115 cm³/mol. The van der Waals surface area contributed by atoms with Crippen LogP contribution < -0.4 is 15.5 Å². The van der Waals surface area contributed by atoms with Crippen LogP contribution in [0.2, 0.25) is 0 Å². The zero-order chi connectivity index (χ0) is 20.4. The van der Waals surface area contributed by atoms with Crippen LogP contribution in [0.15, 0.2) is 67.0 Å². The molecular formula is C23H22N4O2. The SMILES string of the molecule is CC(=O)Nc1cccc(NC(=O)c2cncc(N3c4ccccc4CC3C)c2)c1. The summed E-state index contributed by atoms with van der Waals surface area (Å²) in [6.45, 7) is 3.61. The molecule has 6 heteroatoms. The number of anilines is 4. The van der Waals surface area contributed by atoms with Gasteiger partial charge < -0.3 is 15.5 Å². The summed E-state index contributed by atoms with van der Waals surface area (Å²) in [5.41, 5.74) is 5.05. The molecule has 0 radical (unpaired) electrons. The van der Waals surface area contributed by atoms with Crippen LogP contribution in [0.5, 0.6) is 0 Å². The molecule has 1 atom stereocenters. The molecule has 4 rings (SSSR count). The van der Waals surface area contributed by atoms with Gasteiger partial charge in [-0.25, -0.2) is 0 Å². The van der Waals surface area contributed by atoms with E-state index in [1.807, 2.05) is 18.2 Å². The third kappa shape index (κ3) is 3.96. The van der Waals surface area contributed by atoms with Gasteiger partial charge in [0, 0.05) is 36.2 Å². The maximum atomic E-state index is 12.8. The smallest absolute Gasteiger partial charge is 0.257 e. The summed E-state index contributed by atoms with van der Waals surface area (Å²) < 4.78 is 0. The molecule has 0 spiro atoms. The van der Waals surface area contributed by atoms with Crippen molar-refractivity contribution in [3.8, 4) is 0 Å². The number of fused-ring (bicyclic) bond motifs is 1. The zero-order valence-electron chi connectivity index (χ0n) is 16.3. The van der Waals surface area contributed by atoms with Crippen LogP contribution >= 0.6 is 0 Å². The minimum atomic E-state index is -0.250. The van der Waals surface area contributed by atoms with E-state index in [9.17, 15) is 9.59 Å². The van der Waals surface area contributed by atoms with Crippen molar-refractivity contribution >= 4 is 34.6 Å². The normalized spacial score (nSPS) is 15.0. The highest BCUT2D eigenvalue weighted by molar-refractivity contribution is 6.05. The largest absolute Gasteiger partial charge is 0.337 e. The Hall–Kier alpha value is -3.67. The molecule has 1 unspecified atom stereocenters. The van der Waals surface area contributed by atoms with Crippen molar-refractivity contribution in [3.05, 3.63) is 78.1 Å². The maximum Gasteiger partial charge on any atom is 0.257 e. The van der Waals surface area contributed by atoms with E-state index in [0.717, 1.165) is 17.8 Å². The summed E-state index contributed by atoms with van der Waals surface area (Å²) in [5.74, 6) is -0.412. The molecule has 146 valence electrons. The molecule has 0 fully saturated rings. The molecule has 0 saturated carbocycles. The first-order chi connectivity index (χ1) is 14.0. The van der Waals surface area contributed by atoms with Crippen molar-refractivity contribution in [2.75, 3.05) is 15.5 Å². The van der Waals surface area contributed by atoms with Crippen LogP contribution in [0, 0.1) is 0 Å². The third-order valence-electron chi connectivity index (χ3n) is 4.91. The summed E-state index contributed by atoms with van der Waals surface area (Å²) in [5, 5.41) is 5.58. The summed E-state index contributed by atoms with van der Waals surface area (Å²) in [7, 11) is 0. The number of pyridine rings is 1. The third-order valence-corrected chi connectivity index (χ3v) is 4.91. The lowest BCUT2D eigenvalue weighted by Crippen LogP contribution is -2.24. The van der Waals surface area contributed by atoms with Crippen molar-refractivity contribution < 1.29 is 9.59 Å². The van der Waals surface area contributed by atoms with Crippen molar-refractivity contribution in [2.24, 2.45) is 0 Å². The Morgan fingerprint density at radius 3 is 2.55 bits per heavy atom. The minimum Gasteiger partial charge on any atom is -0.337 e. The summed E-state index contributed by atoms with van der Waals surface area (Å²) >= 11 is 0. The van der Waals surface area contributed by atoms with Crippen LogP contribution in [0.25, 0.3) is 0 Å². The van der Waals surface area contributed by atoms with E-state index in [2.05, 4.69) is 39.6 Å². The molecule has 0 aliphatic carbocycles. The quantitative estimate of drug-likeness (QED) is 0.698. The van der Waals surface area contributed by atoms with Gasteiger partial charge in [-0.3, -0.25) is 14.6 Å². The number of hydrogen-bond donors (Lipinski definition) is 2. The number of para-hydroxylation sites is 1. The lowest BCUT2D eigenvalue weighted by Gasteiger charge is -2.25. The van der Waals surface area contributed by atoms with Gasteiger partial charge in [-0.1, -0.05) is 24.3 Å². The molecule has 0 saturated heterocycles. The number of amides is 2. The first-order valence-electron chi connectivity index (χ1n) is 9.52. The molecule has 0 bridgehead atoms. The molecule has 6 nitrogen and oxygen atoms in total. The van der Waals surface area contributed by atoms with Gasteiger partial charge in [0.25, 0.3) is 5.91 Å². The number of rotatable bonds is 4. The Balaban J connectivity index is 1.56. The molecule has 2 N–H and O–H groups in total. The monoisotopic (exact) mass is 386 g/mol. The Morgan fingerprint density at radius 2 is 1.76 bits per heavy atom. The number of aromatic nitrogens is 1. The van der Waals surface area contributed by atoms with Crippen LogP contribution in [0.3, 0.4) is 0 Å². The van der Waals surface area contributed by atoms with Gasteiger partial charge in [-0.15, -0.1) is 0 Å². The predicted octanol–water partition coefficient (Wildman–Crippen LogP) is 4.38. The standard InChI is InChI=1S/C23H22N4O2/c1-15-10-17-6-3-4-9-22(17)27(15)21-11-18(13-24-14-21)23(29)26-20-8-5-7-19(12-20)25-16(2)28/h3-9,11-15H,10H2,1-2H3,(H,25,28)(H,26,29).